The number of hydrogen-bond acceptors (Lipinski definition) is 8. The van der Waals surface area contributed by atoms with Gasteiger partial charge in [0.05, 0.1) is 18.7 Å². The zero-order chi connectivity index (χ0) is 16.6. The first kappa shape index (κ1) is 15.6. The maximum atomic E-state index is 12.0. The van der Waals surface area contributed by atoms with Gasteiger partial charge in [-0.05, 0) is 0 Å². The van der Waals surface area contributed by atoms with Gasteiger partial charge in [-0.25, -0.2) is 4.79 Å². The minimum atomic E-state index is -1.40. The highest BCUT2D eigenvalue weighted by atomic mass is 16.6. The van der Waals surface area contributed by atoms with Crippen LogP contribution in [0.2, 0.25) is 0 Å². The second-order valence-electron chi connectivity index (χ2n) is 5.20. The van der Waals surface area contributed by atoms with Crippen molar-refractivity contribution in [2.75, 3.05) is 6.61 Å². The largest absolute Gasteiger partial charge is 0.394 e. The second-order valence-corrected chi connectivity index (χ2v) is 5.20. The molecule has 0 radical (unpaired) electrons. The van der Waals surface area contributed by atoms with E-state index in [0.717, 1.165) is 0 Å². The lowest BCUT2D eigenvalue weighted by Gasteiger charge is -2.15. The molecule has 4 atom stereocenters. The van der Waals surface area contributed by atoms with Crippen molar-refractivity contribution < 1.29 is 20.1 Å². The van der Waals surface area contributed by atoms with Crippen LogP contribution in [0.25, 0.3) is 0 Å². The van der Waals surface area contributed by atoms with Gasteiger partial charge in [0.2, 0.25) is 0 Å². The molecular weight excluding hydrogens is 310 g/mol. The number of H-pyrrole nitrogens is 2. The van der Waals surface area contributed by atoms with Gasteiger partial charge < -0.3 is 20.1 Å². The van der Waals surface area contributed by atoms with Crippen LogP contribution in [-0.2, 0) is 11.3 Å². The van der Waals surface area contributed by atoms with Crippen molar-refractivity contribution in [3.8, 4) is 0 Å². The first-order valence-corrected chi connectivity index (χ1v) is 6.82. The summed E-state index contributed by atoms with van der Waals surface area (Å²) in [6.07, 6.45) is -2.17. The molecule has 2 aromatic rings. The molecule has 1 fully saturated rings. The lowest BCUT2D eigenvalue weighted by atomic mass is 10.0. The van der Waals surface area contributed by atoms with E-state index >= 15 is 0 Å². The Hall–Kier alpha value is -2.34. The molecule has 1 aliphatic heterocycles. The Morgan fingerprint density at radius 1 is 1.30 bits per heavy atom. The van der Waals surface area contributed by atoms with Crippen LogP contribution in [0.3, 0.4) is 0 Å². The zero-order valence-electron chi connectivity index (χ0n) is 11.8. The molecule has 124 valence electrons. The number of nitrogens with zero attached hydrogens (tertiary/aromatic N) is 3. The van der Waals surface area contributed by atoms with Crippen LogP contribution in [0.4, 0.5) is 0 Å². The van der Waals surface area contributed by atoms with Gasteiger partial charge in [0.15, 0.2) is 0 Å². The minimum Gasteiger partial charge on any atom is -0.394 e. The van der Waals surface area contributed by atoms with Crippen molar-refractivity contribution >= 4 is 0 Å². The van der Waals surface area contributed by atoms with Gasteiger partial charge in [-0.15, -0.1) is 5.10 Å². The highest BCUT2D eigenvalue weighted by molar-refractivity contribution is 5.15. The molecule has 3 heterocycles. The monoisotopic (exact) mass is 325 g/mol. The third-order valence-corrected chi connectivity index (χ3v) is 3.69. The number of hydrogen-bond donors (Lipinski definition) is 5. The number of aromatic nitrogens is 5. The summed E-state index contributed by atoms with van der Waals surface area (Å²) in [6, 6.07) is 0. The Kier molecular flexibility index (Phi) is 4.09. The molecule has 0 amide bonds. The minimum absolute atomic E-state index is 0.0319. The second kappa shape index (κ2) is 6.04. The molecule has 0 aromatic carbocycles. The highest BCUT2D eigenvalue weighted by Gasteiger charge is 2.44. The Balaban J connectivity index is 1.96. The summed E-state index contributed by atoms with van der Waals surface area (Å²) in [7, 11) is 0. The van der Waals surface area contributed by atoms with E-state index in [-0.39, 0.29) is 12.1 Å². The number of nitrogens with one attached hydrogen (secondary N) is 2. The molecule has 0 aliphatic carbocycles. The fourth-order valence-corrected chi connectivity index (χ4v) is 2.48. The van der Waals surface area contributed by atoms with Crippen LogP contribution >= 0.6 is 0 Å². The molecule has 1 saturated heterocycles. The summed E-state index contributed by atoms with van der Waals surface area (Å²) in [5.74, 6) is 0. The highest BCUT2D eigenvalue weighted by Crippen LogP contribution is 2.31. The molecule has 11 nitrogen and oxygen atoms in total. The Morgan fingerprint density at radius 3 is 2.70 bits per heavy atom. The molecule has 11 heteroatoms. The van der Waals surface area contributed by atoms with Crippen LogP contribution in [-0.4, -0.2) is 65.2 Å². The lowest BCUT2D eigenvalue weighted by Crippen LogP contribution is -2.36. The summed E-state index contributed by atoms with van der Waals surface area (Å²) in [5, 5.41) is 38.6. The van der Waals surface area contributed by atoms with Gasteiger partial charge >= 0.3 is 5.69 Å². The van der Waals surface area contributed by atoms with Crippen molar-refractivity contribution in [1.29, 1.82) is 0 Å². The van der Waals surface area contributed by atoms with Crippen molar-refractivity contribution in [2.24, 2.45) is 0 Å². The third-order valence-electron chi connectivity index (χ3n) is 3.69. The zero-order valence-corrected chi connectivity index (χ0v) is 11.8. The molecule has 23 heavy (non-hydrogen) atoms. The van der Waals surface area contributed by atoms with Crippen LogP contribution in [0, 0.1) is 0 Å². The topological polar surface area (TPSA) is 166 Å². The summed E-state index contributed by atoms with van der Waals surface area (Å²) in [6.45, 7) is -0.459. The number of aliphatic hydroxyl groups is 3. The molecule has 2 aromatic heterocycles. The summed E-state index contributed by atoms with van der Waals surface area (Å²) in [4.78, 5) is 26.0. The van der Waals surface area contributed by atoms with E-state index in [1.807, 2.05) is 0 Å². The fraction of sp³-hybridized carbons (Fsp3) is 0.500. The molecular formula is C12H15N5O6. The molecule has 0 saturated carbocycles. The standard InChI is InChI=1S/C12H15N5O6/c18-4-7-8(19)9(20)10(23-7)6-3-17(12(22)14-11(6)21)2-5-1-13-16-15-5/h1,3,7-10,18-20H,2,4H2,(H,13,15,16)(H,14,21,22)/t7-,8?,9+,10+/m1/s1. The van der Waals surface area contributed by atoms with E-state index in [9.17, 15) is 19.8 Å². The average molecular weight is 325 g/mol. The first-order valence-electron chi connectivity index (χ1n) is 6.82. The Bertz CT molecular complexity index is 784. The van der Waals surface area contributed by atoms with Gasteiger partial charge in [-0.1, -0.05) is 5.21 Å². The fourth-order valence-electron chi connectivity index (χ4n) is 2.48. The van der Waals surface area contributed by atoms with Gasteiger partial charge in [-0.3, -0.25) is 19.4 Å². The number of ether oxygens (including phenoxy) is 1. The number of aliphatic hydroxyl groups excluding tert-OH is 3. The van der Waals surface area contributed by atoms with E-state index in [4.69, 9.17) is 9.84 Å². The van der Waals surface area contributed by atoms with Crippen LogP contribution in [0.15, 0.2) is 22.0 Å². The predicted molar refractivity (Wildman–Crippen MR) is 73.5 cm³/mol. The predicted octanol–water partition coefficient (Wildman–Crippen LogP) is -3.14. The van der Waals surface area contributed by atoms with E-state index < -0.39 is 42.3 Å². The van der Waals surface area contributed by atoms with Gasteiger partial charge in [0.1, 0.15) is 30.1 Å². The van der Waals surface area contributed by atoms with Gasteiger partial charge in [0, 0.05) is 12.4 Å². The normalized spacial score (nSPS) is 27.4. The molecule has 1 unspecified atom stereocenters. The van der Waals surface area contributed by atoms with Crippen molar-refractivity contribution in [3.63, 3.8) is 0 Å². The maximum absolute atomic E-state index is 12.0. The number of rotatable bonds is 4. The molecule has 3 rings (SSSR count). The summed E-state index contributed by atoms with van der Waals surface area (Å²) >= 11 is 0. The van der Waals surface area contributed by atoms with Crippen LogP contribution < -0.4 is 11.2 Å². The smallest absolute Gasteiger partial charge is 0.328 e. The molecule has 1 aliphatic rings. The van der Waals surface area contributed by atoms with E-state index in [1.54, 1.807) is 0 Å². The van der Waals surface area contributed by atoms with Crippen LogP contribution in [0.5, 0.6) is 0 Å². The quantitative estimate of drug-likeness (QED) is 0.393. The molecule has 0 spiro atoms. The maximum Gasteiger partial charge on any atom is 0.328 e. The van der Waals surface area contributed by atoms with E-state index in [2.05, 4.69) is 20.4 Å². The van der Waals surface area contributed by atoms with Crippen molar-refractivity contribution in [1.82, 2.24) is 25.0 Å². The summed E-state index contributed by atoms with van der Waals surface area (Å²) in [5.41, 5.74) is -0.961. The van der Waals surface area contributed by atoms with Crippen molar-refractivity contribution in [2.45, 2.75) is 31.0 Å². The Morgan fingerprint density at radius 2 is 2.09 bits per heavy atom. The Labute approximate surface area is 128 Å². The average Bonchev–Trinajstić information content (AvgIpc) is 3.12. The lowest BCUT2D eigenvalue weighted by molar-refractivity contribution is -0.0233. The van der Waals surface area contributed by atoms with Crippen LogP contribution in [0.1, 0.15) is 17.4 Å². The van der Waals surface area contributed by atoms with Crippen molar-refractivity contribution in [3.05, 3.63) is 44.5 Å². The van der Waals surface area contributed by atoms with E-state index in [0.29, 0.717) is 5.69 Å². The summed E-state index contributed by atoms with van der Waals surface area (Å²) < 4.78 is 6.48. The molecule has 5 N–H and O–H groups in total. The van der Waals surface area contributed by atoms with Gasteiger partial charge in [-0.2, -0.15) is 0 Å². The molecule has 0 bridgehead atoms. The van der Waals surface area contributed by atoms with Gasteiger partial charge in [0.25, 0.3) is 5.56 Å². The first-order chi connectivity index (χ1) is 11.0. The van der Waals surface area contributed by atoms with E-state index in [1.165, 1.54) is 17.0 Å². The number of aromatic amines is 2. The SMILES string of the molecule is O=c1[nH]c(=O)n(Cc2c[nH]nn2)cc1[C@@H]1O[C@H](CO)C(O)[C@@H]1O. The third kappa shape index (κ3) is 2.82.